The average Bonchev–Trinajstić information content (AvgIpc) is 3.31. The summed E-state index contributed by atoms with van der Waals surface area (Å²) in [4.78, 5) is 20.4. The Labute approximate surface area is 161 Å². The van der Waals surface area contributed by atoms with E-state index in [0.717, 1.165) is 5.56 Å². The fraction of sp³-hybridized carbons (Fsp3) is 0.143. The van der Waals surface area contributed by atoms with E-state index in [-0.39, 0.29) is 11.7 Å². The number of hydrogen-bond acceptors (Lipinski definition) is 3. The van der Waals surface area contributed by atoms with Crippen LogP contribution in [0.2, 0.25) is 0 Å². The molecule has 0 radical (unpaired) electrons. The lowest BCUT2D eigenvalue weighted by atomic mass is 10.0. The molecule has 0 fully saturated rings. The van der Waals surface area contributed by atoms with Gasteiger partial charge in [-0.15, -0.1) is 0 Å². The molecular weight excluding hydrogens is 359 g/mol. The third-order valence-corrected chi connectivity index (χ3v) is 4.67. The van der Waals surface area contributed by atoms with Gasteiger partial charge < -0.3 is 19.6 Å². The Morgan fingerprint density at radius 2 is 2.07 bits per heavy atom. The molecule has 0 bridgehead atoms. The molecule has 0 aliphatic rings. The molecule has 2 N–H and O–H groups in total. The minimum atomic E-state index is -0.521. The number of aromatic amines is 1. The monoisotopic (exact) mass is 378 g/mol. The number of hydrogen-bond donors (Lipinski definition) is 2. The highest BCUT2D eigenvalue weighted by Gasteiger charge is 2.25. The number of aromatic nitrogens is 3. The van der Waals surface area contributed by atoms with Crippen LogP contribution in [0.4, 0.5) is 4.39 Å². The number of fused-ring (bicyclic) bond motifs is 1. The lowest BCUT2D eigenvalue weighted by Gasteiger charge is -2.21. The van der Waals surface area contributed by atoms with E-state index in [0.29, 0.717) is 28.2 Å². The van der Waals surface area contributed by atoms with Gasteiger partial charge in [-0.1, -0.05) is 18.2 Å². The molecule has 4 rings (SSSR count). The Hall–Kier alpha value is -3.61. The molecule has 1 atom stereocenters. The van der Waals surface area contributed by atoms with Crippen molar-refractivity contribution in [3.05, 3.63) is 83.8 Å². The van der Waals surface area contributed by atoms with Crippen LogP contribution in [0, 0.1) is 5.82 Å². The van der Waals surface area contributed by atoms with E-state index in [9.17, 15) is 9.18 Å². The molecule has 1 amide bonds. The lowest BCUT2D eigenvalue weighted by molar-refractivity contribution is 0.0936. The van der Waals surface area contributed by atoms with E-state index in [2.05, 4.69) is 15.3 Å². The molecule has 2 aromatic carbocycles. The molecule has 0 aliphatic heterocycles. The van der Waals surface area contributed by atoms with E-state index in [4.69, 9.17) is 4.74 Å². The van der Waals surface area contributed by atoms with E-state index >= 15 is 0 Å². The number of H-pyrrole nitrogens is 1. The van der Waals surface area contributed by atoms with Gasteiger partial charge in [0.15, 0.2) is 0 Å². The van der Waals surface area contributed by atoms with Crippen LogP contribution in [0.25, 0.3) is 10.9 Å². The first kappa shape index (κ1) is 17.8. The van der Waals surface area contributed by atoms with Gasteiger partial charge >= 0.3 is 0 Å². The summed E-state index contributed by atoms with van der Waals surface area (Å²) in [6.07, 6.45) is 3.49. The van der Waals surface area contributed by atoms with Crippen LogP contribution in [0.15, 0.2) is 60.9 Å². The van der Waals surface area contributed by atoms with Gasteiger partial charge in [0.25, 0.3) is 5.91 Å². The van der Waals surface area contributed by atoms with Crippen LogP contribution in [0.5, 0.6) is 5.75 Å². The zero-order valence-corrected chi connectivity index (χ0v) is 15.4. The van der Waals surface area contributed by atoms with Crippen LogP contribution >= 0.6 is 0 Å². The number of imidazole rings is 1. The Bertz CT molecular complexity index is 1150. The molecular formula is C21H19FN4O2. The smallest absolute Gasteiger partial charge is 0.268 e. The molecule has 4 aromatic rings. The first-order valence-corrected chi connectivity index (χ1v) is 8.76. The summed E-state index contributed by atoms with van der Waals surface area (Å²) in [5, 5.41) is 3.65. The number of nitrogens with one attached hydrogen (secondary N) is 2. The minimum Gasteiger partial charge on any atom is -0.496 e. The van der Waals surface area contributed by atoms with Crippen molar-refractivity contribution < 1.29 is 13.9 Å². The molecule has 0 spiro atoms. The zero-order valence-electron chi connectivity index (χ0n) is 15.4. The number of aryl methyl sites for hydroxylation is 1. The molecule has 0 saturated carbocycles. The van der Waals surface area contributed by atoms with Crippen molar-refractivity contribution in [2.45, 2.75) is 6.04 Å². The number of para-hydroxylation sites is 1. The fourth-order valence-corrected chi connectivity index (χ4v) is 3.28. The van der Waals surface area contributed by atoms with E-state index < -0.39 is 6.04 Å². The second-order valence-electron chi connectivity index (χ2n) is 6.46. The minimum absolute atomic E-state index is 0.324. The maximum absolute atomic E-state index is 13.5. The van der Waals surface area contributed by atoms with Crippen molar-refractivity contribution in [1.29, 1.82) is 0 Å². The summed E-state index contributed by atoms with van der Waals surface area (Å²) in [6.45, 7) is 0. The molecule has 2 aromatic heterocycles. The SMILES string of the molecule is COc1ccccc1C(NC(=O)c1cc2cc(F)ccc2[nH]1)c1nccn1C. The van der Waals surface area contributed by atoms with Gasteiger partial charge in [-0.2, -0.15) is 0 Å². The fourth-order valence-electron chi connectivity index (χ4n) is 3.28. The van der Waals surface area contributed by atoms with Crippen molar-refractivity contribution in [1.82, 2.24) is 19.9 Å². The Morgan fingerprint density at radius 3 is 2.82 bits per heavy atom. The second kappa shape index (κ2) is 7.19. The highest BCUT2D eigenvalue weighted by molar-refractivity contribution is 5.98. The first-order valence-electron chi connectivity index (χ1n) is 8.76. The number of benzene rings is 2. The molecule has 0 aliphatic carbocycles. The number of amides is 1. The second-order valence-corrected chi connectivity index (χ2v) is 6.46. The predicted octanol–water partition coefficient (Wildman–Crippen LogP) is 3.57. The van der Waals surface area contributed by atoms with Gasteiger partial charge in [-0.25, -0.2) is 9.37 Å². The standard InChI is InChI=1S/C21H19FN4O2/c1-26-10-9-23-20(26)19(15-5-3-4-6-18(15)28-2)25-21(27)17-12-13-11-14(22)7-8-16(13)24-17/h3-12,19,24H,1-2H3,(H,25,27). The van der Waals surface area contributed by atoms with Crippen LogP contribution in [-0.4, -0.2) is 27.6 Å². The van der Waals surface area contributed by atoms with E-state index in [1.54, 1.807) is 25.4 Å². The summed E-state index contributed by atoms with van der Waals surface area (Å²) in [6, 6.07) is 12.9. The van der Waals surface area contributed by atoms with Gasteiger partial charge in [0.1, 0.15) is 29.1 Å². The molecule has 142 valence electrons. The summed E-state index contributed by atoms with van der Waals surface area (Å²) in [7, 11) is 3.45. The predicted molar refractivity (Wildman–Crippen MR) is 104 cm³/mol. The molecule has 0 saturated heterocycles. The van der Waals surface area contributed by atoms with Crippen molar-refractivity contribution in [3.8, 4) is 5.75 Å². The number of rotatable bonds is 5. The quantitative estimate of drug-likeness (QED) is 0.558. The van der Waals surface area contributed by atoms with Crippen molar-refractivity contribution >= 4 is 16.8 Å². The molecule has 28 heavy (non-hydrogen) atoms. The van der Waals surface area contributed by atoms with Crippen LogP contribution in [0.1, 0.15) is 27.9 Å². The topological polar surface area (TPSA) is 71.9 Å². The lowest BCUT2D eigenvalue weighted by Crippen LogP contribution is -2.31. The van der Waals surface area contributed by atoms with Gasteiger partial charge in [0.05, 0.1) is 7.11 Å². The average molecular weight is 378 g/mol. The number of carbonyl (C=O) groups is 1. The van der Waals surface area contributed by atoms with E-state index in [1.165, 1.54) is 12.1 Å². The number of nitrogens with zero attached hydrogens (tertiary/aromatic N) is 2. The Kier molecular flexibility index (Phi) is 4.57. The Morgan fingerprint density at radius 1 is 1.25 bits per heavy atom. The number of carbonyl (C=O) groups excluding carboxylic acids is 1. The van der Waals surface area contributed by atoms with Gasteiger partial charge in [-0.3, -0.25) is 4.79 Å². The molecule has 1 unspecified atom stereocenters. The molecule has 2 heterocycles. The van der Waals surface area contributed by atoms with E-state index in [1.807, 2.05) is 42.1 Å². The van der Waals surface area contributed by atoms with Gasteiger partial charge in [0.2, 0.25) is 0 Å². The summed E-state index contributed by atoms with van der Waals surface area (Å²) in [5.74, 6) is 0.642. The first-order chi connectivity index (χ1) is 13.6. The highest BCUT2D eigenvalue weighted by Crippen LogP contribution is 2.29. The largest absolute Gasteiger partial charge is 0.496 e. The number of methoxy groups -OCH3 is 1. The van der Waals surface area contributed by atoms with Crippen LogP contribution < -0.4 is 10.1 Å². The van der Waals surface area contributed by atoms with Crippen molar-refractivity contribution in [2.24, 2.45) is 7.05 Å². The highest BCUT2D eigenvalue weighted by atomic mass is 19.1. The third-order valence-electron chi connectivity index (χ3n) is 4.67. The summed E-state index contributed by atoms with van der Waals surface area (Å²) in [5.41, 5.74) is 1.82. The van der Waals surface area contributed by atoms with Gasteiger partial charge in [0, 0.05) is 35.9 Å². The number of halogens is 1. The maximum Gasteiger partial charge on any atom is 0.268 e. The normalized spacial score (nSPS) is 12.1. The number of ether oxygens (including phenoxy) is 1. The zero-order chi connectivity index (χ0) is 19.7. The molecule has 7 heteroatoms. The Balaban J connectivity index is 1.72. The van der Waals surface area contributed by atoms with Gasteiger partial charge in [-0.05, 0) is 30.3 Å². The maximum atomic E-state index is 13.5. The van der Waals surface area contributed by atoms with Crippen molar-refractivity contribution in [2.75, 3.05) is 7.11 Å². The van der Waals surface area contributed by atoms with Crippen molar-refractivity contribution in [3.63, 3.8) is 0 Å². The third kappa shape index (κ3) is 3.22. The van der Waals surface area contributed by atoms with Crippen LogP contribution in [0.3, 0.4) is 0 Å². The summed E-state index contributed by atoms with van der Waals surface area (Å²) >= 11 is 0. The van der Waals surface area contributed by atoms with Crippen LogP contribution in [-0.2, 0) is 7.05 Å². The summed E-state index contributed by atoms with van der Waals surface area (Å²) < 4.78 is 20.8. The molecule has 6 nitrogen and oxygen atoms in total.